The highest BCUT2D eigenvalue weighted by molar-refractivity contribution is 7.89. The van der Waals surface area contributed by atoms with Crippen molar-refractivity contribution in [2.75, 3.05) is 11.6 Å². The van der Waals surface area contributed by atoms with Gasteiger partial charge in [-0.1, -0.05) is 0 Å². The number of halogens is 1. The summed E-state index contributed by atoms with van der Waals surface area (Å²) in [6, 6.07) is 3.28. The molecule has 0 bridgehead atoms. The third kappa shape index (κ3) is 4.15. The Hall–Kier alpha value is -0.650. The molecule has 0 aliphatic heterocycles. The van der Waals surface area contributed by atoms with Crippen molar-refractivity contribution in [3.8, 4) is 0 Å². The Morgan fingerprint density at radius 2 is 2.07 bits per heavy atom. The van der Waals surface area contributed by atoms with Gasteiger partial charge in [-0.05, 0) is 24.6 Å². The molecular formula is C9H13ClN2O2S. The summed E-state index contributed by atoms with van der Waals surface area (Å²) in [6.07, 6.45) is 3.25. The molecule has 0 unspecified atom stereocenters. The number of hydrogen-bond donors (Lipinski definition) is 1. The van der Waals surface area contributed by atoms with E-state index in [2.05, 4.69) is 9.71 Å². The normalized spacial score (nSPS) is 13.7. The molecule has 0 aromatic carbocycles. The molecule has 1 heterocycles. The number of pyridine rings is 1. The molecule has 1 aromatic heterocycles. The van der Waals surface area contributed by atoms with Crippen molar-refractivity contribution in [3.05, 3.63) is 30.1 Å². The Bertz CT molecular complexity index is 394. The lowest BCUT2D eigenvalue weighted by molar-refractivity contribution is 0.568. The highest BCUT2D eigenvalue weighted by Gasteiger charge is 2.14. The molecule has 0 saturated carbocycles. The molecule has 15 heavy (non-hydrogen) atoms. The second-order valence-corrected chi connectivity index (χ2v) is 5.38. The van der Waals surface area contributed by atoms with Gasteiger partial charge >= 0.3 is 0 Å². The number of rotatable bonds is 5. The van der Waals surface area contributed by atoms with Gasteiger partial charge < -0.3 is 0 Å². The van der Waals surface area contributed by atoms with E-state index in [1.807, 2.05) is 0 Å². The number of alkyl halides is 1. The summed E-state index contributed by atoms with van der Waals surface area (Å²) >= 11 is 5.39. The number of hydrogen-bond acceptors (Lipinski definition) is 3. The van der Waals surface area contributed by atoms with E-state index in [1.54, 1.807) is 31.5 Å². The predicted molar refractivity (Wildman–Crippen MR) is 60.3 cm³/mol. The van der Waals surface area contributed by atoms with Gasteiger partial charge in [-0.3, -0.25) is 4.98 Å². The third-order valence-electron chi connectivity index (χ3n) is 1.91. The molecule has 1 N–H and O–H groups in total. The van der Waals surface area contributed by atoms with Gasteiger partial charge in [0.15, 0.2) is 0 Å². The molecule has 1 rings (SSSR count). The standard InChI is InChI=1S/C9H13ClN2O2S/c1-8(9-2-5-11-6-3-9)12-15(13,14)7-4-10/h2-3,5-6,8,12H,4,7H2,1H3/t8-/m0/s1. The second kappa shape index (κ2) is 5.44. The first-order chi connectivity index (χ1) is 7.05. The van der Waals surface area contributed by atoms with E-state index in [9.17, 15) is 8.42 Å². The summed E-state index contributed by atoms with van der Waals surface area (Å²) in [4.78, 5) is 3.86. The zero-order chi connectivity index (χ0) is 11.3. The highest BCUT2D eigenvalue weighted by atomic mass is 35.5. The number of nitrogens with one attached hydrogen (secondary N) is 1. The highest BCUT2D eigenvalue weighted by Crippen LogP contribution is 2.11. The summed E-state index contributed by atoms with van der Waals surface area (Å²) in [6.45, 7) is 1.78. The largest absolute Gasteiger partial charge is 0.265 e. The Morgan fingerprint density at radius 1 is 1.47 bits per heavy atom. The fourth-order valence-electron chi connectivity index (χ4n) is 1.15. The van der Waals surface area contributed by atoms with E-state index in [-0.39, 0.29) is 17.7 Å². The van der Waals surface area contributed by atoms with Gasteiger partial charge in [0.1, 0.15) is 0 Å². The second-order valence-electron chi connectivity index (χ2n) is 3.13. The molecule has 0 radical (unpaired) electrons. The van der Waals surface area contributed by atoms with Crippen molar-refractivity contribution < 1.29 is 8.42 Å². The third-order valence-corrected chi connectivity index (χ3v) is 3.78. The SMILES string of the molecule is C[C@H](NS(=O)(=O)CCCl)c1ccncc1. The molecule has 0 saturated heterocycles. The molecule has 0 aliphatic rings. The topological polar surface area (TPSA) is 59.1 Å². The molecule has 4 nitrogen and oxygen atoms in total. The number of aromatic nitrogens is 1. The van der Waals surface area contributed by atoms with Gasteiger partial charge in [-0.2, -0.15) is 0 Å². The summed E-state index contributed by atoms with van der Waals surface area (Å²) in [5.41, 5.74) is 0.878. The molecule has 0 aliphatic carbocycles. The van der Waals surface area contributed by atoms with Crippen LogP contribution in [0.1, 0.15) is 18.5 Å². The van der Waals surface area contributed by atoms with Crippen LogP contribution in [-0.2, 0) is 10.0 Å². The van der Waals surface area contributed by atoms with Crippen LogP contribution in [-0.4, -0.2) is 25.0 Å². The summed E-state index contributed by atoms with van der Waals surface area (Å²) in [7, 11) is -3.28. The number of nitrogens with zero attached hydrogens (tertiary/aromatic N) is 1. The number of sulfonamides is 1. The fourth-order valence-corrected chi connectivity index (χ4v) is 2.76. The lowest BCUT2D eigenvalue weighted by atomic mass is 10.1. The first-order valence-corrected chi connectivity index (χ1v) is 6.70. The quantitative estimate of drug-likeness (QED) is 0.799. The van der Waals surface area contributed by atoms with Crippen molar-refractivity contribution >= 4 is 21.6 Å². The van der Waals surface area contributed by atoms with Crippen LogP contribution in [0.3, 0.4) is 0 Å². The van der Waals surface area contributed by atoms with E-state index in [0.29, 0.717) is 0 Å². The minimum atomic E-state index is -3.28. The van der Waals surface area contributed by atoms with E-state index in [1.165, 1.54) is 0 Å². The smallest absolute Gasteiger partial charge is 0.213 e. The van der Waals surface area contributed by atoms with Gasteiger partial charge in [-0.25, -0.2) is 13.1 Å². The fraction of sp³-hybridized carbons (Fsp3) is 0.444. The van der Waals surface area contributed by atoms with E-state index >= 15 is 0 Å². The van der Waals surface area contributed by atoms with Crippen LogP contribution in [0.2, 0.25) is 0 Å². The van der Waals surface area contributed by atoms with Crippen molar-refractivity contribution in [1.29, 1.82) is 0 Å². The first-order valence-electron chi connectivity index (χ1n) is 4.51. The molecule has 0 amide bonds. The van der Waals surface area contributed by atoms with Gasteiger partial charge in [-0.15, -0.1) is 11.6 Å². The van der Waals surface area contributed by atoms with Crippen LogP contribution in [0.4, 0.5) is 0 Å². The molecular weight excluding hydrogens is 236 g/mol. The molecule has 1 atom stereocenters. The minimum absolute atomic E-state index is 0.0655. The van der Waals surface area contributed by atoms with Crippen LogP contribution >= 0.6 is 11.6 Å². The Balaban J connectivity index is 2.68. The van der Waals surface area contributed by atoms with E-state index < -0.39 is 10.0 Å². The van der Waals surface area contributed by atoms with E-state index in [4.69, 9.17) is 11.6 Å². The average Bonchev–Trinajstić information content (AvgIpc) is 2.18. The zero-order valence-corrected chi connectivity index (χ0v) is 9.92. The average molecular weight is 249 g/mol. The Morgan fingerprint density at radius 3 is 2.60 bits per heavy atom. The van der Waals surface area contributed by atoms with Crippen molar-refractivity contribution in [3.63, 3.8) is 0 Å². The molecule has 1 aromatic rings. The van der Waals surface area contributed by atoms with Gasteiger partial charge in [0.05, 0.1) is 5.75 Å². The maximum absolute atomic E-state index is 11.4. The molecule has 0 spiro atoms. The van der Waals surface area contributed by atoms with Crippen LogP contribution in [0, 0.1) is 0 Å². The Kier molecular flexibility index (Phi) is 4.50. The van der Waals surface area contributed by atoms with E-state index in [0.717, 1.165) is 5.56 Å². The summed E-state index contributed by atoms with van der Waals surface area (Å²) in [5.74, 6) is 0.0301. The maximum atomic E-state index is 11.4. The first kappa shape index (κ1) is 12.4. The molecule has 6 heteroatoms. The zero-order valence-electron chi connectivity index (χ0n) is 8.35. The predicted octanol–water partition coefficient (Wildman–Crippen LogP) is 1.30. The van der Waals surface area contributed by atoms with Crippen LogP contribution in [0.15, 0.2) is 24.5 Å². The van der Waals surface area contributed by atoms with Gasteiger partial charge in [0, 0.05) is 24.3 Å². The van der Waals surface area contributed by atoms with Gasteiger partial charge in [0.2, 0.25) is 10.0 Å². The lowest BCUT2D eigenvalue weighted by Gasteiger charge is -2.13. The Labute approximate surface area is 94.7 Å². The van der Waals surface area contributed by atoms with Crippen LogP contribution < -0.4 is 4.72 Å². The van der Waals surface area contributed by atoms with Crippen LogP contribution in [0.25, 0.3) is 0 Å². The maximum Gasteiger partial charge on any atom is 0.213 e. The lowest BCUT2D eigenvalue weighted by Crippen LogP contribution is -2.29. The summed E-state index contributed by atoms with van der Waals surface area (Å²) < 4.78 is 25.3. The van der Waals surface area contributed by atoms with Crippen molar-refractivity contribution in [2.45, 2.75) is 13.0 Å². The van der Waals surface area contributed by atoms with Crippen molar-refractivity contribution in [2.24, 2.45) is 0 Å². The van der Waals surface area contributed by atoms with Gasteiger partial charge in [0.25, 0.3) is 0 Å². The monoisotopic (exact) mass is 248 g/mol. The van der Waals surface area contributed by atoms with Crippen LogP contribution in [0.5, 0.6) is 0 Å². The van der Waals surface area contributed by atoms with Crippen molar-refractivity contribution in [1.82, 2.24) is 9.71 Å². The minimum Gasteiger partial charge on any atom is -0.265 e. The summed E-state index contributed by atoms with van der Waals surface area (Å²) in [5, 5.41) is 0. The molecule has 0 fully saturated rings. The molecule has 84 valence electrons.